The molecule has 3 nitrogen and oxygen atoms in total. The molecule has 1 heterocycles. The third kappa shape index (κ3) is 2.23. The van der Waals surface area contributed by atoms with Gasteiger partial charge in [-0.05, 0) is 36.5 Å². The van der Waals surface area contributed by atoms with Gasteiger partial charge >= 0.3 is 0 Å². The molecule has 2 rings (SSSR count). The van der Waals surface area contributed by atoms with Crippen LogP contribution in [0.2, 0.25) is 0 Å². The van der Waals surface area contributed by atoms with Crippen molar-refractivity contribution in [1.29, 1.82) is 0 Å². The second kappa shape index (κ2) is 4.53. The monoisotopic (exact) mass is 207 g/mol. The molecule has 1 aliphatic rings. The van der Waals surface area contributed by atoms with Crippen molar-refractivity contribution in [3.63, 3.8) is 0 Å². The van der Waals surface area contributed by atoms with E-state index in [0.717, 1.165) is 37.5 Å². The summed E-state index contributed by atoms with van der Waals surface area (Å²) in [4.78, 5) is 0. The molecule has 1 aromatic rings. The van der Waals surface area contributed by atoms with Crippen LogP contribution in [0.1, 0.15) is 24.3 Å². The molecule has 0 amide bonds. The van der Waals surface area contributed by atoms with E-state index in [0.29, 0.717) is 5.92 Å². The number of rotatable bonds is 2. The Hall–Kier alpha value is -1.22. The second-order valence-corrected chi connectivity index (χ2v) is 3.89. The Bertz CT molecular complexity index is 332. The summed E-state index contributed by atoms with van der Waals surface area (Å²) in [7, 11) is 1.64. The summed E-state index contributed by atoms with van der Waals surface area (Å²) in [6, 6.07) is 6.07. The van der Waals surface area contributed by atoms with Gasteiger partial charge in [-0.2, -0.15) is 0 Å². The fraction of sp³-hybridized carbons (Fsp3) is 0.500. The average molecular weight is 207 g/mol. The van der Waals surface area contributed by atoms with Crippen LogP contribution >= 0.6 is 0 Å². The van der Waals surface area contributed by atoms with Crippen molar-refractivity contribution in [3.05, 3.63) is 23.8 Å². The maximum absolute atomic E-state index is 5.88. The van der Waals surface area contributed by atoms with Gasteiger partial charge in [0.2, 0.25) is 0 Å². The Labute approximate surface area is 90.2 Å². The summed E-state index contributed by atoms with van der Waals surface area (Å²) < 4.78 is 10.5. The molecule has 0 bridgehead atoms. The fourth-order valence-electron chi connectivity index (χ4n) is 2.04. The third-order valence-corrected chi connectivity index (χ3v) is 2.95. The molecule has 15 heavy (non-hydrogen) atoms. The minimum Gasteiger partial charge on any atom is -0.495 e. The van der Waals surface area contributed by atoms with E-state index in [1.54, 1.807) is 7.11 Å². The van der Waals surface area contributed by atoms with Gasteiger partial charge < -0.3 is 15.2 Å². The summed E-state index contributed by atoms with van der Waals surface area (Å²) in [5, 5.41) is 0. The number of methoxy groups -OCH3 is 1. The minimum atomic E-state index is 0.590. The summed E-state index contributed by atoms with van der Waals surface area (Å²) in [5.41, 5.74) is 7.91. The van der Waals surface area contributed by atoms with Crippen LogP contribution in [0.5, 0.6) is 5.75 Å². The van der Waals surface area contributed by atoms with E-state index in [9.17, 15) is 0 Å². The Morgan fingerprint density at radius 3 is 2.67 bits per heavy atom. The maximum Gasteiger partial charge on any atom is 0.141 e. The van der Waals surface area contributed by atoms with Gasteiger partial charge in [-0.1, -0.05) is 6.07 Å². The van der Waals surface area contributed by atoms with Gasteiger partial charge in [0, 0.05) is 13.2 Å². The summed E-state index contributed by atoms with van der Waals surface area (Å²) in [5.74, 6) is 1.35. The lowest BCUT2D eigenvalue weighted by Gasteiger charge is -2.22. The van der Waals surface area contributed by atoms with Crippen LogP contribution in [-0.2, 0) is 4.74 Å². The molecule has 3 heteroatoms. The van der Waals surface area contributed by atoms with Gasteiger partial charge in [-0.15, -0.1) is 0 Å². The minimum absolute atomic E-state index is 0.590. The van der Waals surface area contributed by atoms with Crippen LogP contribution in [0, 0.1) is 0 Å². The van der Waals surface area contributed by atoms with E-state index in [4.69, 9.17) is 15.2 Å². The zero-order valence-corrected chi connectivity index (χ0v) is 9.03. The molecule has 2 N–H and O–H groups in total. The lowest BCUT2D eigenvalue weighted by Crippen LogP contribution is -2.14. The quantitative estimate of drug-likeness (QED) is 0.756. The first-order valence-electron chi connectivity index (χ1n) is 5.32. The average Bonchev–Trinajstić information content (AvgIpc) is 2.30. The topological polar surface area (TPSA) is 44.5 Å². The van der Waals surface area contributed by atoms with Crippen molar-refractivity contribution in [2.24, 2.45) is 0 Å². The summed E-state index contributed by atoms with van der Waals surface area (Å²) in [6.07, 6.45) is 2.18. The van der Waals surface area contributed by atoms with Crippen LogP contribution < -0.4 is 10.5 Å². The lowest BCUT2D eigenvalue weighted by atomic mass is 9.91. The Morgan fingerprint density at radius 1 is 1.33 bits per heavy atom. The van der Waals surface area contributed by atoms with Crippen molar-refractivity contribution in [3.8, 4) is 5.75 Å². The normalized spacial score (nSPS) is 17.7. The fourth-order valence-corrected chi connectivity index (χ4v) is 2.04. The van der Waals surface area contributed by atoms with E-state index in [2.05, 4.69) is 6.07 Å². The highest BCUT2D eigenvalue weighted by Gasteiger charge is 2.16. The van der Waals surface area contributed by atoms with Gasteiger partial charge in [0.05, 0.1) is 12.8 Å². The molecule has 1 aromatic carbocycles. The van der Waals surface area contributed by atoms with Gasteiger partial charge in [-0.3, -0.25) is 0 Å². The van der Waals surface area contributed by atoms with Crippen molar-refractivity contribution < 1.29 is 9.47 Å². The zero-order valence-electron chi connectivity index (χ0n) is 9.03. The number of anilines is 1. The molecule has 0 atom stereocenters. The van der Waals surface area contributed by atoms with Crippen molar-refractivity contribution in [2.75, 3.05) is 26.1 Å². The first-order valence-corrected chi connectivity index (χ1v) is 5.32. The molecule has 1 fully saturated rings. The number of nitrogens with two attached hydrogens (primary N) is 1. The molecule has 1 aliphatic heterocycles. The first-order chi connectivity index (χ1) is 7.31. The zero-order chi connectivity index (χ0) is 10.7. The van der Waals surface area contributed by atoms with E-state index in [1.807, 2.05) is 12.1 Å². The van der Waals surface area contributed by atoms with Crippen LogP contribution in [0.3, 0.4) is 0 Å². The SMILES string of the molecule is COc1ccc(C2CCOCC2)cc1N. The van der Waals surface area contributed by atoms with Crippen molar-refractivity contribution in [1.82, 2.24) is 0 Å². The highest BCUT2D eigenvalue weighted by Crippen LogP contribution is 2.31. The molecule has 0 aliphatic carbocycles. The highest BCUT2D eigenvalue weighted by molar-refractivity contribution is 5.54. The Kier molecular flexibility index (Phi) is 3.11. The molecule has 0 unspecified atom stereocenters. The van der Waals surface area contributed by atoms with E-state index in [-0.39, 0.29) is 0 Å². The van der Waals surface area contributed by atoms with Crippen molar-refractivity contribution in [2.45, 2.75) is 18.8 Å². The number of hydrogen-bond acceptors (Lipinski definition) is 3. The van der Waals surface area contributed by atoms with Gasteiger partial charge in [0.1, 0.15) is 5.75 Å². The molecular weight excluding hydrogens is 190 g/mol. The number of ether oxygens (including phenoxy) is 2. The molecular formula is C12H17NO2. The van der Waals surface area contributed by atoms with Crippen LogP contribution in [-0.4, -0.2) is 20.3 Å². The van der Waals surface area contributed by atoms with Crippen molar-refractivity contribution >= 4 is 5.69 Å². The highest BCUT2D eigenvalue weighted by atomic mass is 16.5. The third-order valence-electron chi connectivity index (χ3n) is 2.95. The largest absolute Gasteiger partial charge is 0.495 e. The number of benzene rings is 1. The molecule has 82 valence electrons. The predicted molar refractivity (Wildman–Crippen MR) is 60.2 cm³/mol. The molecule has 0 aromatic heterocycles. The van der Waals surface area contributed by atoms with E-state index in [1.165, 1.54) is 5.56 Å². The Balaban J connectivity index is 2.17. The van der Waals surface area contributed by atoms with Crippen LogP contribution in [0.4, 0.5) is 5.69 Å². The number of hydrogen-bond donors (Lipinski definition) is 1. The molecule has 0 spiro atoms. The maximum atomic E-state index is 5.88. The smallest absolute Gasteiger partial charge is 0.141 e. The predicted octanol–water partition coefficient (Wildman–Crippen LogP) is 2.17. The molecule has 0 saturated carbocycles. The number of nitrogen functional groups attached to an aromatic ring is 1. The van der Waals surface area contributed by atoms with Gasteiger partial charge in [0.25, 0.3) is 0 Å². The standard InChI is InChI=1S/C12H17NO2/c1-14-12-3-2-10(8-11(12)13)9-4-6-15-7-5-9/h2-3,8-9H,4-7,13H2,1H3. The molecule has 1 saturated heterocycles. The summed E-state index contributed by atoms with van der Waals surface area (Å²) >= 11 is 0. The lowest BCUT2D eigenvalue weighted by molar-refractivity contribution is 0.0853. The summed E-state index contributed by atoms with van der Waals surface area (Å²) in [6.45, 7) is 1.72. The van der Waals surface area contributed by atoms with Gasteiger partial charge in [0.15, 0.2) is 0 Å². The van der Waals surface area contributed by atoms with Crippen LogP contribution in [0.15, 0.2) is 18.2 Å². The van der Waals surface area contributed by atoms with E-state index >= 15 is 0 Å². The van der Waals surface area contributed by atoms with E-state index < -0.39 is 0 Å². The Morgan fingerprint density at radius 2 is 2.07 bits per heavy atom. The van der Waals surface area contributed by atoms with Crippen LogP contribution in [0.25, 0.3) is 0 Å². The molecule has 0 radical (unpaired) electrons. The second-order valence-electron chi connectivity index (χ2n) is 3.89. The van der Waals surface area contributed by atoms with Gasteiger partial charge in [-0.25, -0.2) is 0 Å². The first kappa shape index (κ1) is 10.3.